The van der Waals surface area contributed by atoms with Gasteiger partial charge in [-0.25, -0.2) is 0 Å². The smallest absolute Gasteiger partial charge is 0.370 e. The van der Waals surface area contributed by atoms with Crippen molar-refractivity contribution < 1.29 is 31.4 Å². The topological polar surface area (TPSA) is 20.2 Å². The molecule has 0 saturated heterocycles. The van der Waals surface area contributed by atoms with E-state index in [-0.39, 0.29) is 23.3 Å². The second kappa shape index (κ2) is 9.99. The average Bonchev–Trinajstić information content (AvgIpc) is 3.11. The van der Waals surface area contributed by atoms with Crippen molar-refractivity contribution in [3.63, 3.8) is 0 Å². The molecular weight excluding hydrogens is 478 g/mol. The van der Waals surface area contributed by atoms with Crippen molar-refractivity contribution in [2.24, 2.45) is 16.7 Å². The summed E-state index contributed by atoms with van der Waals surface area (Å²) < 4.78 is 78.3. The van der Waals surface area contributed by atoms with Crippen molar-refractivity contribution in [1.29, 1.82) is 0 Å². The quantitative estimate of drug-likeness (QED) is 0.275. The lowest BCUT2D eigenvalue weighted by Crippen LogP contribution is -2.55. The highest BCUT2D eigenvalue weighted by Crippen LogP contribution is 2.60. The van der Waals surface area contributed by atoms with Crippen LogP contribution in [0.15, 0.2) is 47.1 Å². The number of alkyl halides is 6. The number of halogens is 6. The highest BCUT2D eigenvalue weighted by atomic mass is 19.4. The van der Waals surface area contributed by atoms with E-state index in [4.69, 9.17) is 0 Å². The van der Waals surface area contributed by atoms with Crippen molar-refractivity contribution in [2.45, 2.75) is 115 Å². The molecule has 36 heavy (non-hydrogen) atoms. The minimum Gasteiger partial charge on any atom is -0.370 e. The summed E-state index contributed by atoms with van der Waals surface area (Å²) in [4.78, 5) is 0. The minimum absolute atomic E-state index is 0.000134. The van der Waals surface area contributed by atoms with Gasteiger partial charge in [-0.15, -0.1) is 0 Å². The molecule has 0 spiro atoms. The molecule has 1 N–H and O–H groups in total. The van der Waals surface area contributed by atoms with Gasteiger partial charge in [-0.1, -0.05) is 60.8 Å². The van der Waals surface area contributed by atoms with E-state index in [1.54, 1.807) is 0 Å². The molecule has 3 fully saturated rings. The number of hydrogen-bond donors (Lipinski definition) is 1. The molecule has 202 valence electrons. The zero-order valence-electron chi connectivity index (χ0n) is 21.1. The number of fused-ring (bicyclic) bond motifs is 1. The number of allylic oxidation sites excluding steroid dienone is 7. The number of hydrogen-bond acceptors (Lipinski definition) is 1. The van der Waals surface area contributed by atoms with Crippen molar-refractivity contribution in [3.8, 4) is 0 Å². The van der Waals surface area contributed by atoms with Gasteiger partial charge in [-0.3, -0.25) is 0 Å². The van der Waals surface area contributed by atoms with Gasteiger partial charge >= 0.3 is 12.4 Å². The molecule has 0 radical (unpaired) electrons. The molecule has 0 heterocycles. The van der Waals surface area contributed by atoms with E-state index in [0.29, 0.717) is 12.3 Å². The number of aliphatic hydroxyl groups is 1. The van der Waals surface area contributed by atoms with Crippen LogP contribution in [0.25, 0.3) is 0 Å². The molecule has 0 aromatic carbocycles. The van der Waals surface area contributed by atoms with Gasteiger partial charge < -0.3 is 5.11 Å². The Balaban J connectivity index is 1.47. The summed E-state index contributed by atoms with van der Waals surface area (Å²) in [7, 11) is 0. The first kappa shape index (κ1) is 27.5. The van der Waals surface area contributed by atoms with Crippen molar-refractivity contribution in [1.82, 2.24) is 0 Å². The van der Waals surface area contributed by atoms with Gasteiger partial charge in [-0.2, -0.15) is 26.3 Å². The van der Waals surface area contributed by atoms with Crippen molar-refractivity contribution >= 4 is 0 Å². The fourth-order valence-electron chi connectivity index (χ4n) is 6.94. The number of rotatable bonds is 6. The SMILES string of the molecule is CC12CCC/C(=C\C=C3CCCCC3)C1CC=C2CC1(C/C=C\C(O)(C(F)(F)F)C(F)(F)F)CCC1. The van der Waals surface area contributed by atoms with Crippen LogP contribution in [0.1, 0.15) is 96.8 Å². The summed E-state index contributed by atoms with van der Waals surface area (Å²) in [6, 6.07) is 0. The van der Waals surface area contributed by atoms with E-state index >= 15 is 0 Å². The van der Waals surface area contributed by atoms with Crippen LogP contribution in [0, 0.1) is 16.7 Å². The molecule has 0 aliphatic heterocycles. The Hall–Kier alpha value is -1.50. The van der Waals surface area contributed by atoms with Crippen molar-refractivity contribution in [3.05, 3.63) is 47.1 Å². The van der Waals surface area contributed by atoms with Crippen LogP contribution in [-0.4, -0.2) is 23.1 Å². The fourth-order valence-corrected chi connectivity index (χ4v) is 6.94. The molecule has 2 atom stereocenters. The maximum Gasteiger partial charge on any atom is 0.429 e. The Morgan fingerprint density at radius 1 is 0.889 bits per heavy atom. The summed E-state index contributed by atoms with van der Waals surface area (Å²) >= 11 is 0. The van der Waals surface area contributed by atoms with Gasteiger partial charge in [0.05, 0.1) is 0 Å². The molecule has 0 amide bonds. The molecular formula is C29H38F6O. The van der Waals surface area contributed by atoms with Gasteiger partial charge in [-0.05, 0) is 99.9 Å². The predicted molar refractivity (Wildman–Crippen MR) is 129 cm³/mol. The monoisotopic (exact) mass is 516 g/mol. The summed E-state index contributed by atoms with van der Waals surface area (Å²) in [5.41, 5.74) is -0.811. The van der Waals surface area contributed by atoms with Crippen LogP contribution in [0.3, 0.4) is 0 Å². The van der Waals surface area contributed by atoms with E-state index in [2.05, 4.69) is 25.2 Å². The van der Waals surface area contributed by atoms with E-state index < -0.39 is 18.0 Å². The highest BCUT2D eigenvalue weighted by Gasteiger charge is 2.69. The normalized spacial score (nSPS) is 30.3. The van der Waals surface area contributed by atoms with Gasteiger partial charge in [0.15, 0.2) is 0 Å². The molecule has 0 aromatic rings. The Morgan fingerprint density at radius 3 is 2.14 bits per heavy atom. The standard InChI is InChI=1S/C29H38F6O/c1-25-15-5-10-22(12-11-21-8-3-2-4-9-21)24(25)14-13-23(25)20-26(16-6-17-26)18-7-19-27(36,28(30,31)32)29(33,34)35/h7,11-13,19,24,36H,2-6,8-10,14-18,20H2,1H3/b19-7-,22-12+. The maximum absolute atomic E-state index is 13.1. The summed E-state index contributed by atoms with van der Waals surface area (Å²) in [5, 5.41) is 9.47. The fraction of sp³-hybridized carbons (Fsp3) is 0.724. The van der Waals surface area contributed by atoms with Crippen LogP contribution in [-0.2, 0) is 0 Å². The van der Waals surface area contributed by atoms with Gasteiger partial charge in [0, 0.05) is 0 Å². The zero-order chi connectivity index (χ0) is 26.2. The molecule has 4 rings (SSSR count). The lowest BCUT2D eigenvalue weighted by atomic mass is 9.57. The third-order valence-electron chi connectivity index (χ3n) is 9.49. The summed E-state index contributed by atoms with van der Waals surface area (Å²) in [6.07, 6.45) is 9.86. The third-order valence-corrected chi connectivity index (χ3v) is 9.49. The van der Waals surface area contributed by atoms with Gasteiger partial charge in [0.2, 0.25) is 0 Å². The molecule has 0 aromatic heterocycles. The van der Waals surface area contributed by atoms with Gasteiger partial charge in [0.25, 0.3) is 5.60 Å². The first-order valence-corrected chi connectivity index (χ1v) is 13.4. The van der Waals surface area contributed by atoms with Gasteiger partial charge in [0.1, 0.15) is 0 Å². The molecule has 1 nitrogen and oxygen atoms in total. The highest BCUT2D eigenvalue weighted by molar-refractivity contribution is 5.34. The van der Waals surface area contributed by atoms with E-state index in [1.807, 2.05) is 0 Å². The predicted octanol–water partition coefficient (Wildman–Crippen LogP) is 9.30. The van der Waals surface area contributed by atoms with E-state index in [9.17, 15) is 31.4 Å². The second-order valence-electron chi connectivity index (χ2n) is 11.8. The molecule has 2 unspecified atom stereocenters. The van der Waals surface area contributed by atoms with E-state index in [0.717, 1.165) is 51.0 Å². The Bertz CT molecular complexity index is 908. The zero-order valence-corrected chi connectivity index (χ0v) is 21.1. The van der Waals surface area contributed by atoms with Crippen LogP contribution in [0.5, 0.6) is 0 Å². The molecule has 3 saturated carbocycles. The third kappa shape index (κ3) is 5.23. The van der Waals surface area contributed by atoms with Crippen LogP contribution in [0.4, 0.5) is 26.3 Å². The van der Waals surface area contributed by atoms with Crippen LogP contribution < -0.4 is 0 Å². The van der Waals surface area contributed by atoms with Crippen LogP contribution in [0.2, 0.25) is 0 Å². The van der Waals surface area contributed by atoms with Crippen molar-refractivity contribution in [2.75, 3.05) is 0 Å². The van der Waals surface area contributed by atoms with E-state index in [1.165, 1.54) is 48.8 Å². The average molecular weight is 517 g/mol. The molecule has 7 heteroatoms. The Labute approximate surface area is 210 Å². The first-order chi connectivity index (χ1) is 16.8. The van der Waals surface area contributed by atoms with Crippen LogP contribution >= 0.6 is 0 Å². The molecule has 0 bridgehead atoms. The Morgan fingerprint density at radius 2 is 1.56 bits per heavy atom. The molecule has 4 aliphatic carbocycles. The summed E-state index contributed by atoms with van der Waals surface area (Å²) in [5.74, 6) is 0.426. The first-order valence-electron chi connectivity index (χ1n) is 13.4. The maximum atomic E-state index is 13.1. The lowest BCUT2D eigenvalue weighted by molar-refractivity contribution is -0.347. The Kier molecular flexibility index (Phi) is 7.64. The molecule has 4 aliphatic rings. The lowest BCUT2D eigenvalue weighted by Gasteiger charge is -2.47. The summed E-state index contributed by atoms with van der Waals surface area (Å²) in [6.45, 7) is 2.30. The largest absolute Gasteiger partial charge is 0.429 e. The minimum atomic E-state index is -5.82. The second-order valence-corrected chi connectivity index (χ2v) is 11.8.